The normalized spacial score (nSPS) is 20.8. The molecule has 0 aliphatic heterocycles. The molecule has 3 heteroatoms. The molecular formula is C10H24N2O. The molecule has 13 heavy (non-hydrogen) atoms. The molecule has 3 unspecified atom stereocenters. The predicted octanol–water partition coefficient (Wildman–Crippen LogP) is 1.13. The van der Waals surface area contributed by atoms with Gasteiger partial charge in [-0.2, -0.15) is 0 Å². The minimum atomic E-state index is -0.121. The molecule has 0 saturated carbocycles. The molecule has 0 heterocycles. The van der Waals surface area contributed by atoms with Crippen LogP contribution in [0.4, 0.5) is 0 Å². The summed E-state index contributed by atoms with van der Waals surface area (Å²) in [7, 11) is 1.72. The van der Waals surface area contributed by atoms with Crippen LogP contribution in [0.25, 0.3) is 0 Å². The molecule has 0 saturated heterocycles. The Morgan fingerprint density at radius 1 is 1.46 bits per heavy atom. The third-order valence-electron chi connectivity index (χ3n) is 2.86. The largest absolute Gasteiger partial charge is 0.380 e. The van der Waals surface area contributed by atoms with Crippen LogP contribution < -0.4 is 11.1 Å². The van der Waals surface area contributed by atoms with Gasteiger partial charge in [-0.25, -0.2) is 0 Å². The van der Waals surface area contributed by atoms with Crippen LogP contribution in [0, 0.1) is 0 Å². The standard InChI is InChI=1S/C10H24N2O/c1-6-8(2)12-10(4,7-11)9(3)13-5/h8-9,12H,6-7,11H2,1-5H3. The van der Waals surface area contributed by atoms with E-state index in [0.29, 0.717) is 12.6 Å². The van der Waals surface area contributed by atoms with Gasteiger partial charge in [0.1, 0.15) is 0 Å². The molecule has 0 bridgehead atoms. The van der Waals surface area contributed by atoms with E-state index >= 15 is 0 Å². The van der Waals surface area contributed by atoms with E-state index < -0.39 is 0 Å². The first kappa shape index (κ1) is 12.9. The summed E-state index contributed by atoms with van der Waals surface area (Å²) in [4.78, 5) is 0. The van der Waals surface area contributed by atoms with E-state index in [9.17, 15) is 0 Å². The maximum absolute atomic E-state index is 5.74. The highest BCUT2D eigenvalue weighted by molar-refractivity contribution is 4.91. The number of ether oxygens (including phenoxy) is 1. The van der Waals surface area contributed by atoms with Gasteiger partial charge in [0, 0.05) is 19.7 Å². The first-order chi connectivity index (χ1) is 6.00. The SMILES string of the molecule is CCC(C)NC(C)(CN)C(C)OC. The van der Waals surface area contributed by atoms with Gasteiger partial charge < -0.3 is 15.8 Å². The zero-order chi connectivity index (χ0) is 10.5. The van der Waals surface area contributed by atoms with E-state index in [4.69, 9.17) is 10.5 Å². The highest BCUT2D eigenvalue weighted by Crippen LogP contribution is 2.12. The molecule has 3 atom stereocenters. The van der Waals surface area contributed by atoms with Crippen molar-refractivity contribution < 1.29 is 4.74 Å². The monoisotopic (exact) mass is 188 g/mol. The van der Waals surface area contributed by atoms with Crippen molar-refractivity contribution in [2.24, 2.45) is 5.73 Å². The minimum absolute atomic E-state index is 0.121. The number of nitrogens with one attached hydrogen (secondary N) is 1. The van der Waals surface area contributed by atoms with Gasteiger partial charge in [0.2, 0.25) is 0 Å². The molecule has 3 nitrogen and oxygen atoms in total. The minimum Gasteiger partial charge on any atom is -0.380 e. The molecule has 0 radical (unpaired) electrons. The van der Waals surface area contributed by atoms with Crippen LogP contribution in [-0.4, -0.2) is 31.3 Å². The van der Waals surface area contributed by atoms with Gasteiger partial charge >= 0.3 is 0 Å². The lowest BCUT2D eigenvalue weighted by Crippen LogP contribution is -2.59. The van der Waals surface area contributed by atoms with Gasteiger partial charge in [-0.1, -0.05) is 6.92 Å². The number of hydrogen-bond acceptors (Lipinski definition) is 3. The molecule has 0 aromatic heterocycles. The van der Waals surface area contributed by atoms with E-state index in [2.05, 4.69) is 26.1 Å². The molecule has 0 rings (SSSR count). The number of methoxy groups -OCH3 is 1. The molecule has 0 aromatic rings. The second kappa shape index (κ2) is 5.58. The summed E-state index contributed by atoms with van der Waals surface area (Å²) in [6.45, 7) is 9.06. The third-order valence-corrected chi connectivity index (χ3v) is 2.86. The van der Waals surface area contributed by atoms with Gasteiger partial charge in [0.05, 0.1) is 11.6 Å². The van der Waals surface area contributed by atoms with Crippen LogP contribution in [0.2, 0.25) is 0 Å². The number of rotatable bonds is 6. The molecule has 3 N–H and O–H groups in total. The second-order valence-electron chi connectivity index (χ2n) is 3.95. The van der Waals surface area contributed by atoms with Gasteiger partial charge in [-0.3, -0.25) is 0 Å². The van der Waals surface area contributed by atoms with Crippen LogP contribution in [-0.2, 0) is 4.74 Å². The van der Waals surface area contributed by atoms with Crippen molar-refractivity contribution in [2.75, 3.05) is 13.7 Å². The van der Waals surface area contributed by atoms with Gasteiger partial charge in [0.25, 0.3) is 0 Å². The summed E-state index contributed by atoms with van der Waals surface area (Å²) in [5.41, 5.74) is 5.62. The molecular weight excluding hydrogens is 164 g/mol. The molecule has 0 aromatic carbocycles. The van der Waals surface area contributed by atoms with Crippen LogP contribution in [0.1, 0.15) is 34.1 Å². The Kier molecular flexibility index (Phi) is 5.53. The van der Waals surface area contributed by atoms with Gasteiger partial charge in [-0.15, -0.1) is 0 Å². The van der Waals surface area contributed by atoms with Crippen LogP contribution in [0.5, 0.6) is 0 Å². The van der Waals surface area contributed by atoms with Crippen molar-refractivity contribution in [2.45, 2.75) is 51.8 Å². The van der Waals surface area contributed by atoms with E-state index in [1.807, 2.05) is 6.92 Å². The van der Waals surface area contributed by atoms with Crippen molar-refractivity contribution in [3.8, 4) is 0 Å². The smallest absolute Gasteiger partial charge is 0.0734 e. The molecule has 0 aliphatic rings. The Labute approximate surface area is 82.0 Å². The summed E-state index contributed by atoms with van der Waals surface area (Å²) in [5, 5.41) is 3.49. The Hall–Kier alpha value is -0.120. The Balaban J connectivity index is 4.26. The van der Waals surface area contributed by atoms with E-state index in [1.165, 1.54) is 0 Å². The van der Waals surface area contributed by atoms with E-state index in [1.54, 1.807) is 7.11 Å². The average molecular weight is 188 g/mol. The average Bonchev–Trinajstić information content (AvgIpc) is 2.15. The summed E-state index contributed by atoms with van der Waals surface area (Å²) in [5.74, 6) is 0. The summed E-state index contributed by atoms with van der Waals surface area (Å²) in [6, 6.07) is 0.478. The van der Waals surface area contributed by atoms with E-state index in [0.717, 1.165) is 6.42 Å². The van der Waals surface area contributed by atoms with Crippen molar-refractivity contribution in [1.82, 2.24) is 5.32 Å². The lowest BCUT2D eigenvalue weighted by molar-refractivity contribution is 0.0368. The van der Waals surface area contributed by atoms with E-state index in [-0.39, 0.29) is 11.6 Å². The number of nitrogens with two attached hydrogens (primary N) is 1. The Morgan fingerprint density at radius 3 is 2.31 bits per heavy atom. The maximum Gasteiger partial charge on any atom is 0.0734 e. The zero-order valence-electron chi connectivity index (χ0n) is 9.55. The summed E-state index contributed by atoms with van der Waals surface area (Å²) >= 11 is 0. The molecule has 0 amide bonds. The quantitative estimate of drug-likeness (QED) is 0.657. The lowest BCUT2D eigenvalue weighted by atomic mass is 9.94. The van der Waals surface area contributed by atoms with Gasteiger partial charge in [0.15, 0.2) is 0 Å². The predicted molar refractivity (Wildman–Crippen MR) is 56.8 cm³/mol. The summed E-state index contributed by atoms with van der Waals surface area (Å²) in [6.07, 6.45) is 1.23. The fraction of sp³-hybridized carbons (Fsp3) is 1.00. The lowest BCUT2D eigenvalue weighted by Gasteiger charge is -2.37. The topological polar surface area (TPSA) is 47.3 Å². The van der Waals surface area contributed by atoms with Crippen molar-refractivity contribution in [1.29, 1.82) is 0 Å². The third kappa shape index (κ3) is 3.63. The molecule has 0 spiro atoms. The van der Waals surface area contributed by atoms with Crippen LogP contribution >= 0.6 is 0 Å². The maximum atomic E-state index is 5.74. The molecule has 0 fully saturated rings. The Bertz CT molecular complexity index is 141. The highest BCUT2D eigenvalue weighted by Gasteiger charge is 2.30. The molecule has 0 aliphatic carbocycles. The highest BCUT2D eigenvalue weighted by atomic mass is 16.5. The van der Waals surface area contributed by atoms with Crippen molar-refractivity contribution in [3.05, 3.63) is 0 Å². The number of hydrogen-bond donors (Lipinski definition) is 2. The van der Waals surface area contributed by atoms with Gasteiger partial charge in [-0.05, 0) is 27.2 Å². The van der Waals surface area contributed by atoms with Crippen molar-refractivity contribution in [3.63, 3.8) is 0 Å². The summed E-state index contributed by atoms with van der Waals surface area (Å²) < 4.78 is 5.31. The fourth-order valence-electron chi connectivity index (χ4n) is 1.27. The molecule has 80 valence electrons. The Morgan fingerprint density at radius 2 is 2.00 bits per heavy atom. The second-order valence-corrected chi connectivity index (χ2v) is 3.95. The van der Waals surface area contributed by atoms with Crippen molar-refractivity contribution >= 4 is 0 Å². The first-order valence-corrected chi connectivity index (χ1v) is 5.00. The van der Waals surface area contributed by atoms with Crippen LogP contribution in [0.15, 0.2) is 0 Å². The fourth-order valence-corrected chi connectivity index (χ4v) is 1.27. The van der Waals surface area contributed by atoms with Crippen LogP contribution in [0.3, 0.4) is 0 Å². The zero-order valence-corrected chi connectivity index (χ0v) is 9.55. The first-order valence-electron chi connectivity index (χ1n) is 5.00.